The average Bonchev–Trinajstić information content (AvgIpc) is 2.90. The molecule has 0 bridgehead atoms. The van der Waals surface area contributed by atoms with E-state index in [2.05, 4.69) is 5.32 Å². The van der Waals surface area contributed by atoms with E-state index in [0.717, 1.165) is 0 Å². The highest BCUT2D eigenvalue weighted by atomic mass is 16.5. The number of carbonyl (C=O) groups excluding carboxylic acids is 3. The van der Waals surface area contributed by atoms with Gasteiger partial charge >= 0.3 is 0 Å². The molecular formula is C16H19N3O4. The van der Waals surface area contributed by atoms with Crippen LogP contribution in [0, 0.1) is 0 Å². The summed E-state index contributed by atoms with van der Waals surface area (Å²) >= 11 is 0. The van der Waals surface area contributed by atoms with Crippen molar-refractivity contribution >= 4 is 23.4 Å². The molecule has 2 aliphatic heterocycles. The molecular weight excluding hydrogens is 298 g/mol. The van der Waals surface area contributed by atoms with Crippen LogP contribution in [0.4, 0.5) is 5.69 Å². The quantitative estimate of drug-likeness (QED) is 0.875. The molecule has 1 saturated heterocycles. The largest absolute Gasteiger partial charge is 0.482 e. The van der Waals surface area contributed by atoms with E-state index in [-0.39, 0.29) is 30.4 Å². The molecule has 23 heavy (non-hydrogen) atoms. The molecule has 7 heteroatoms. The topological polar surface area (TPSA) is 79.0 Å². The van der Waals surface area contributed by atoms with Crippen LogP contribution in [-0.2, 0) is 9.59 Å². The number of hydrogen-bond acceptors (Lipinski definition) is 4. The standard InChI is InChI=1S/C16H19N3O4/c1-3-19-8-11(7-14(19)20)17-16(22)10-4-5-13-12(6-10)18(2)15(21)9-23-13/h4-6,11H,3,7-9H2,1-2H3,(H,17,22)/t11-/m0/s1. The second kappa shape index (κ2) is 5.91. The number of likely N-dealkylation sites (N-methyl/N-ethyl adjacent to an activating group) is 2. The third-order valence-electron chi connectivity index (χ3n) is 4.24. The van der Waals surface area contributed by atoms with Crippen molar-refractivity contribution in [2.75, 3.05) is 31.6 Å². The molecule has 2 aliphatic rings. The Morgan fingerprint density at radius 3 is 2.83 bits per heavy atom. The van der Waals surface area contributed by atoms with Crippen LogP contribution in [0.5, 0.6) is 5.75 Å². The fraction of sp³-hybridized carbons (Fsp3) is 0.438. The zero-order valence-corrected chi connectivity index (χ0v) is 13.2. The summed E-state index contributed by atoms with van der Waals surface area (Å²) in [7, 11) is 1.65. The van der Waals surface area contributed by atoms with E-state index in [1.54, 1.807) is 30.1 Å². The lowest BCUT2D eigenvalue weighted by atomic mass is 10.1. The molecule has 3 amide bonds. The van der Waals surface area contributed by atoms with E-state index in [1.807, 2.05) is 6.92 Å². The number of rotatable bonds is 3. The number of nitrogens with one attached hydrogen (secondary N) is 1. The molecule has 0 radical (unpaired) electrons. The van der Waals surface area contributed by atoms with E-state index in [1.165, 1.54) is 4.90 Å². The van der Waals surface area contributed by atoms with Gasteiger partial charge in [0.15, 0.2) is 6.61 Å². The lowest BCUT2D eigenvalue weighted by Crippen LogP contribution is -2.38. The summed E-state index contributed by atoms with van der Waals surface area (Å²) in [6.07, 6.45) is 0.325. The van der Waals surface area contributed by atoms with Gasteiger partial charge in [0.1, 0.15) is 5.75 Å². The second-order valence-corrected chi connectivity index (χ2v) is 5.73. The molecule has 7 nitrogen and oxygen atoms in total. The molecule has 0 aliphatic carbocycles. The molecule has 0 unspecified atom stereocenters. The van der Waals surface area contributed by atoms with Gasteiger partial charge in [0.05, 0.1) is 11.7 Å². The predicted octanol–water partition coefficient (Wildman–Crippen LogP) is 0.392. The maximum absolute atomic E-state index is 12.4. The summed E-state index contributed by atoms with van der Waals surface area (Å²) in [5, 5.41) is 2.88. The Balaban J connectivity index is 1.74. The number of nitrogens with zero attached hydrogens (tertiary/aromatic N) is 2. The van der Waals surface area contributed by atoms with Crippen molar-refractivity contribution in [2.24, 2.45) is 0 Å². The summed E-state index contributed by atoms with van der Waals surface area (Å²) in [6, 6.07) is 4.80. The fourth-order valence-electron chi connectivity index (χ4n) is 2.86. The maximum atomic E-state index is 12.4. The third kappa shape index (κ3) is 2.86. The van der Waals surface area contributed by atoms with Crippen LogP contribution in [-0.4, -0.2) is 55.4 Å². The first kappa shape index (κ1) is 15.3. The third-order valence-corrected chi connectivity index (χ3v) is 4.24. The molecule has 2 heterocycles. The van der Waals surface area contributed by atoms with Gasteiger partial charge in [0, 0.05) is 32.1 Å². The Kier molecular flexibility index (Phi) is 3.94. The molecule has 1 N–H and O–H groups in total. The zero-order chi connectivity index (χ0) is 16.6. The van der Waals surface area contributed by atoms with Gasteiger partial charge < -0.3 is 19.9 Å². The van der Waals surface area contributed by atoms with Crippen molar-refractivity contribution in [1.29, 1.82) is 0 Å². The van der Waals surface area contributed by atoms with Gasteiger partial charge in [0.25, 0.3) is 11.8 Å². The molecule has 3 rings (SSSR count). The Morgan fingerprint density at radius 1 is 1.35 bits per heavy atom. The lowest BCUT2D eigenvalue weighted by molar-refractivity contribution is -0.127. The highest BCUT2D eigenvalue weighted by molar-refractivity contribution is 6.01. The molecule has 1 atom stereocenters. The molecule has 122 valence electrons. The fourth-order valence-corrected chi connectivity index (χ4v) is 2.86. The van der Waals surface area contributed by atoms with E-state index in [0.29, 0.717) is 36.5 Å². The monoisotopic (exact) mass is 317 g/mol. The number of benzene rings is 1. The number of carbonyl (C=O) groups is 3. The first-order valence-electron chi connectivity index (χ1n) is 7.61. The van der Waals surface area contributed by atoms with Crippen LogP contribution in [0.3, 0.4) is 0 Å². The van der Waals surface area contributed by atoms with Crippen LogP contribution < -0.4 is 15.0 Å². The molecule has 0 aromatic heterocycles. The Bertz CT molecular complexity index is 673. The number of fused-ring (bicyclic) bond motifs is 1. The highest BCUT2D eigenvalue weighted by Gasteiger charge is 2.30. The van der Waals surface area contributed by atoms with Gasteiger partial charge in [-0.1, -0.05) is 0 Å². The van der Waals surface area contributed by atoms with Crippen LogP contribution in [0.25, 0.3) is 0 Å². The van der Waals surface area contributed by atoms with Crippen molar-refractivity contribution in [3.05, 3.63) is 23.8 Å². The van der Waals surface area contributed by atoms with E-state index < -0.39 is 0 Å². The number of hydrogen-bond donors (Lipinski definition) is 1. The molecule has 0 spiro atoms. The van der Waals surface area contributed by atoms with Crippen molar-refractivity contribution < 1.29 is 19.1 Å². The number of amides is 3. The van der Waals surface area contributed by atoms with Gasteiger partial charge in [-0.2, -0.15) is 0 Å². The summed E-state index contributed by atoms with van der Waals surface area (Å²) in [5.41, 5.74) is 1.02. The van der Waals surface area contributed by atoms with Crippen molar-refractivity contribution in [3.8, 4) is 5.75 Å². The number of anilines is 1. The Morgan fingerprint density at radius 2 is 2.13 bits per heavy atom. The minimum atomic E-state index is -0.255. The van der Waals surface area contributed by atoms with Gasteiger partial charge in [-0.15, -0.1) is 0 Å². The van der Waals surface area contributed by atoms with Crippen LogP contribution in [0.15, 0.2) is 18.2 Å². The Labute approximate surface area is 134 Å². The lowest BCUT2D eigenvalue weighted by Gasteiger charge is -2.26. The summed E-state index contributed by atoms with van der Waals surface area (Å²) < 4.78 is 5.34. The van der Waals surface area contributed by atoms with Crippen molar-refractivity contribution in [1.82, 2.24) is 10.2 Å². The van der Waals surface area contributed by atoms with Crippen LogP contribution in [0.1, 0.15) is 23.7 Å². The first-order valence-corrected chi connectivity index (χ1v) is 7.61. The molecule has 0 saturated carbocycles. The number of ether oxygens (including phenoxy) is 1. The molecule has 1 aromatic rings. The predicted molar refractivity (Wildman–Crippen MR) is 83.5 cm³/mol. The zero-order valence-electron chi connectivity index (χ0n) is 13.2. The molecule has 1 fully saturated rings. The average molecular weight is 317 g/mol. The van der Waals surface area contributed by atoms with Crippen molar-refractivity contribution in [3.63, 3.8) is 0 Å². The normalized spacial score (nSPS) is 20.3. The van der Waals surface area contributed by atoms with Gasteiger partial charge in [-0.05, 0) is 25.1 Å². The van der Waals surface area contributed by atoms with E-state index in [9.17, 15) is 14.4 Å². The first-order chi connectivity index (χ1) is 11.0. The minimum absolute atomic E-state index is 0.00603. The van der Waals surface area contributed by atoms with Crippen molar-refractivity contribution in [2.45, 2.75) is 19.4 Å². The minimum Gasteiger partial charge on any atom is -0.482 e. The summed E-state index contributed by atoms with van der Waals surface area (Å²) in [5.74, 6) is 0.226. The van der Waals surface area contributed by atoms with E-state index >= 15 is 0 Å². The van der Waals surface area contributed by atoms with Crippen LogP contribution in [0.2, 0.25) is 0 Å². The number of likely N-dealkylation sites (tertiary alicyclic amines) is 1. The Hall–Kier alpha value is -2.57. The summed E-state index contributed by atoms with van der Waals surface area (Å²) in [4.78, 5) is 39.0. The van der Waals surface area contributed by atoms with Gasteiger partial charge in [-0.25, -0.2) is 0 Å². The van der Waals surface area contributed by atoms with Crippen LogP contribution >= 0.6 is 0 Å². The smallest absolute Gasteiger partial charge is 0.264 e. The highest BCUT2D eigenvalue weighted by Crippen LogP contribution is 2.32. The maximum Gasteiger partial charge on any atom is 0.264 e. The van der Waals surface area contributed by atoms with E-state index in [4.69, 9.17) is 4.74 Å². The second-order valence-electron chi connectivity index (χ2n) is 5.73. The van der Waals surface area contributed by atoms with Gasteiger partial charge in [-0.3, -0.25) is 14.4 Å². The SMILES string of the molecule is CCN1C[C@@H](NC(=O)c2ccc3c(c2)N(C)C(=O)CO3)CC1=O. The summed E-state index contributed by atoms with van der Waals surface area (Å²) in [6.45, 7) is 3.10. The van der Waals surface area contributed by atoms with Gasteiger partial charge in [0.2, 0.25) is 5.91 Å². The molecule has 1 aromatic carbocycles.